The summed E-state index contributed by atoms with van der Waals surface area (Å²) < 4.78 is 16.2. The number of rotatable bonds is 1. The zero-order valence-corrected chi connectivity index (χ0v) is 8.59. The van der Waals surface area contributed by atoms with Crippen LogP contribution < -0.4 is 0 Å². The highest BCUT2D eigenvalue weighted by Crippen LogP contribution is 2.22. The highest BCUT2D eigenvalue weighted by atomic mass is 16.7. The van der Waals surface area contributed by atoms with Gasteiger partial charge in [-0.1, -0.05) is 0 Å². The SMILES string of the molecule is OC1CCCCOC(c2ccco2)OC1. The summed E-state index contributed by atoms with van der Waals surface area (Å²) in [6, 6.07) is 3.61. The lowest BCUT2D eigenvalue weighted by Crippen LogP contribution is -2.17. The molecular formula is C11H16O4. The molecule has 2 heterocycles. The first-order valence-corrected chi connectivity index (χ1v) is 5.31. The van der Waals surface area contributed by atoms with E-state index in [4.69, 9.17) is 13.9 Å². The third kappa shape index (κ3) is 3.06. The van der Waals surface area contributed by atoms with Crippen molar-refractivity contribution < 1.29 is 19.0 Å². The number of ether oxygens (including phenoxy) is 2. The van der Waals surface area contributed by atoms with Gasteiger partial charge < -0.3 is 19.0 Å². The van der Waals surface area contributed by atoms with Gasteiger partial charge in [0.05, 0.1) is 25.6 Å². The molecule has 84 valence electrons. The Morgan fingerprint density at radius 2 is 2.20 bits per heavy atom. The Morgan fingerprint density at radius 3 is 3.00 bits per heavy atom. The Labute approximate surface area is 88.8 Å². The summed E-state index contributed by atoms with van der Waals surface area (Å²) in [7, 11) is 0. The molecule has 1 fully saturated rings. The number of hydrogen-bond donors (Lipinski definition) is 1. The van der Waals surface area contributed by atoms with Crippen molar-refractivity contribution in [2.45, 2.75) is 31.7 Å². The van der Waals surface area contributed by atoms with E-state index in [1.807, 2.05) is 6.07 Å². The molecule has 0 radical (unpaired) electrons. The fraction of sp³-hybridized carbons (Fsp3) is 0.636. The van der Waals surface area contributed by atoms with Crippen LogP contribution in [-0.4, -0.2) is 24.4 Å². The number of furan rings is 1. The summed E-state index contributed by atoms with van der Waals surface area (Å²) in [5.74, 6) is 0.657. The maximum absolute atomic E-state index is 9.54. The molecule has 0 saturated carbocycles. The second-order valence-corrected chi connectivity index (χ2v) is 3.70. The monoisotopic (exact) mass is 212 g/mol. The van der Waals surface area contributed by atoms with Crippen LogP contribution in [0.25, 0.3) is 0 Å². The summed E-state index contributed by atoms with van der Waals surface area (Å²) in [5, 5.41) is 9.54. The molecule has 0 spiro atoms. The minimum absolute atomic E-state index is 0.297. The van der Waals surface area contributed by atoms with Crippen molar-refractivity contribution in [3.05, 3.63) is 24.2 Å². The Morgan fingerprint density at radius 1 is 1.27 bits per heavy atom. The molecule has 1 aromatic heterocycles. The first-order valence-electron chi connectivity index (χ1n) is 5.31. The topological polar surface area (TPSA) is 51.8 Å². The van der Waals surface area contributed by atoms with Gasteiger partial charge in [0.1, 0.15) is 0 Å². The molecule has 0 bridgehead atoms. The molecule has 1 aliphatic heterocycles. The minimum atomic E-state index is -0.479. The molecule has 1 aliphatic rings. The molecule has 1 N–H and O–H groups in total. The molecular weight excluding hydrogens is 196 g/mol. The van der Waals surface area contributed by atoms with E-state index >= 15 is 0 Å². The second-order valence-electron chi connectivity index (χ2n) is 3.70. The smallest absolute Gasteiger partial charge is 0.217 e. The lowest BCUT2D eigenvalue weighted by molar-refractivity contribution is -0.166. The largest absolute Gasteiger partial charge is 0.464 e. The van der Waals surface area contributed by atoms with Gasteiger partial charge in [-0.2, -0.15) is 0 Å². The highest BCUT2D eigenvalue weighted by molar-refractivity contribution is 4.99. The Hall–Kier alpha value is -0.840. The average Bonchev–Trinajstić information content (AvgIpc) is 2.75. The van der Waals surface area contributed by atoms with E-state index < -0.39 is 12.4 Å². The summed E-state index contributed by atoms with van der Waals surface area (Å²) in [6.45, 7) is 0.934. The van der Waals surface area contributed by atoms with E-state index in [2.05, 4.69) is 0 Å². The predicted molar refractivity (Wildman–Crippen MR) is 53.2 cm³/mol. The Bertz CT molecular complexity index is 270. The van der Waals surface area contributed by atoms with Crippen molar-refractivity contribution >= 4 is 0 Å². The van der Waals surface area contributed by atoms with Crippen LogP contribution in [0, 0.1) is 0 Å². The lowest BCUT2D eigenvalue weighted by Gasteiger charge is -2.16. The van der Waals surface area contributed by atoms with Crippen molar-refractivity contribution in [1.29, 1.82) is 0 Å². The molecule has 2 unspecified atom stereocenters. The van der Waals surface area contributed by atoms with Crippen LogP contribution in [-0.2, 0) is 9.47 Å². The molecule has 4 nitrogen and oxygen atoms in total. The summed E-state index contributed by atoms with van der Waals surface area (Å²) in [4.78, 5) is 0. The van der Waals surface area contributed by atoms with Gasteiger partial charge in [0.2, 0.25) is 6.29 Å². The van der Waals surface area contributed by atoms with Gasteiger partial charge in [0.25, 0.3) is 0 Å². The van der Waals surface area contributed by atoms with E-state index in [0.29, 0.717) is 19.0 Å². The fourth-order valence-electron chi connectivity index (χ4n) is 1.59. The van der Waals surface area contributed by atoms with Crippen LogP contribution in [0.2, 0.25) is 0 Å². The molecule has 0 aromatic carbocycles. The van der Waals surface area contributed by atoms with Crippen molar-refractivity contribution in [2.75, 3.05) is 13.2 Å². The molecule has 2 rings (SSSR count). The summed E-state index contributed by atoms with van der Waals surface area (Å²) in [6.07, 6.45) is 3.39. The van der Waals surface area contributed by atoms with Gasteiger partial charge in [-0.05, 0) is 31.4 Å². The predicted octanol–water partition coefficient (Wildman–Crippen LogP) is 1.86. The van der Waals surface area contributed by atoms with Crippen LogP contribution in [0.3, 0.4) is 0 Å². The maximum Gasteiger partial charge on any atom is 0.217 e. The fourth-order valence-corrected chi connectivity index (χ4v) is 1.59. The number of aliphatic hydroxyl groups excluding tert-OH is 1. The number of aliphatic hydroxyl groups is 1. The first-order chi connectivity index (χ1) is 7.36. The normalized spacial score (nSPS) is 29.1. The third-order valence-corrected chi connectivity index (χ3v) is 2.42. The zero-order chi connectivity index (χ0) is 10.5. The van der Waals surface area contributed by atoms with Crippen molar-refractivity contribution in [3.63, 3.8) is 0 Å². The molecule has 0 aliphatic carbocycles. The standard InChI is InChI=1S/C11H16O4/c12-9-4-1-2-6-14-11(15-8-9)10-5-3-7-13-10/h3,5,7,9,11-12H,1-2,4,6,8H2. The quantitative estimate of drug-likeness (QED) is 0.772. The van der Waals surface area contributed by atoms with E-state index in [1.165, 1.54) is 0 Å². The third-order valence-electron chi connectivity index (χ3n) is 2.42. The van der Waals surface area contributed by atoms with Gasteiger partial charge in [-0.25, -0.2) is 0 Å². The zero-order valence-electron chi connectivity index (χ0n) is 8.59. The van der Waals surface area contributed by atoms with E-state index in [9.17, 15) is 5.11 Å². The van der Waals surface area contributed by atoms with Crippen molar-refractivity contribution in [3.8, 4) is 0 Å². The Balaban J connectivity index is 1.97. The summed E-state index contributed by atoms with van der Waals surface area (Å²) in [5.41, 5.74) is 0. The molecule has 1 saturated heterocycles. The molecule has 4 heteroatoms. The Kier molecular flexibility index (Phi) is 3.77. The minimum Gasteiger partial charge on any atom is -0.464 e. The van der Waals surface area contributed by atoms with Crippen LogP contribution in [0.5, 0.6) is 0 Å². The highest BCUT2D eigenvalue weighted by Gasteiger charge is 2.19. The van der Waals surface area contributed by atoms with E-state index in [0.717, 1.165) is 19.3 Å². The average molecular weight is 212 g/mol. The van der Waals surface area contributed by atoms with Gasteiger partial charge in [-0.15, -0.1) is 0 Å². The van der Waals surface area contributed by atoms with Crippen molar-refractivity contribution in [2.24, 2.45) is 0 Å². The van der Waals surface area contributed by atoms with Crippen molar-refractivity contribution in [1.82, 2.24) is 0 Å². The molecule has 0 amide bonds. The van der Waals surface area contributed by atoms with E-state index in [-0.39, 0.29) is 0 Å². The van der Waals surface area contributed by atoms with Crippen LogP contribution in [0.15, 0.2) is 22.8 Å². The number of hydrogen-bond acceptors (Lipinski definition) is 4. The second kappa shape index (κ2) is 5.30. The first kappa shape index (κ1) is 10.7. The molecule has 15 heavy (non-hydrogen) atoms. The van der Waals surface area contributed by atoms with Crippen LogP contribution >= 0.6 is 0 Å². The van der Waals surface area contributed by atoms with Gasteiger partial charge in [0, 0.05) is 0 Å². The molecule has 2 atom stereocenters. The lowest BCUT2D eigenvalue weighted by atomic mass is 10.2. The van der Waals surface area contributed by atoms with E-state index in [1.54, 1.807) is 12.3 Å². The van der Waals surface area contributed by atoms with Gasteiger partial charge >= 0.3 is 0 Å². The van der Waals surface area contributed by atoms with Crippen LogP contribution in [0.1, 0.15) is 31.3 Å². The van der Waals surface area contributed by atoms with Crippen LogP contribution in [0.4, 0.5) is 0 Å². The molecule has 1 aromatic rings. The summed E-state index contributed by atoms with van der Waals surface area (Å²) >= 11 is 0. The van der Waals surface area contributed by atoms with Gasteiger partial charge in [0.15, 0.2) is 5.76 Å². The van der Waals surface area contributed by atoms with Gasteiger partial charge in [-0.3, -0.25) is 0 Å². The maximum atomic E-state index is 9.54.